The number of ether oxygens (including phenoxy) is 1. The van der Waals surface area contributed by atoms with Crippen molar-refractivity contribution in [3.8, 4) is 0 Å². The molecule has 3 unspecified atom stereocenters. The van der Waals surface area contributed by atoms with Crippen LogP contribution in [-0.2, 0) is 9.53 Å². The van der Waals surface area contributed by atoms with Gasteiger partial charge < -0.3 is 15.8 Å². The first-order valence-electron chi connectivity index (χ1n) is 6.74. The van der Waals surface area contributed by atoms with Crippen LogP contribution in [0, 0.1) is 5.92 Å². The lowest BCUT2D eigenvalue weighted by Gasteiger charge is -2.23. The van der Waals surface area contributed by atoms with Crippen LogP contribution in [0.2, 0.25) is 0 Å². The predicted molar refractivity (Wildman–Crippen MR) is 68.6 cm³/mol. The second kappa shape index (κ2) is 7.67. The Bertz CT molecular complexity index is 227. The molecule has 1 fully saturated rings. The van der Waals surface area contributed by atoms with Crippen LogP contribution in [0.4, 0.5) is 0 Å². The van der Waals surface area contributed by atoms with Crippen molar-refractivity contribution in [3.63, 3.8) is 0 Å². The van der Waals surface area contributed by atoms with E-state index in [4.69, 9.17) is 10.5 Å². The van der Waals surface area contributed by atoms with Gasteiger partial charge in [0.1, 0.15) is 0 Å². The highest BCUT2D eigenvalue weighted by Gasteiger charge is 2.17. The number of nitrogens with two attached hydrogens (primary N) is 1. The fourth-order valence-corrected chi connectivity index (χ4v) is 2.00. The van der Waals surface area contributed by atoms with E-state index in [2.05, 4.69) is 12.2 Å². The van der Waals surface area contributed by atoms with Crippen molar-refractivity contribution in [3.05, 3.63) is 0 Å². The standard InChI is InChI=1S/C13H26N2O2/c1-10(9-14)11(2)15-13(16)7-6-12-5-3-4-8-17-12/h10-12H,3-9,14H2,1-2H3,(H,15,16). The van der Waals surface area contributed by atoms with Gasteiger partial charge in [0.05, 0.1) is 6.10 Å². The van der Waals surface area contributed by atoms with Gasteiger partial charge in [0.2, 0.25) is 5.91 Å². The minimum atomic E-state index is 0.118. The van der Waals surface area contributed by atoms with Gasteiger partial charge in [-0.25, -0.2) is 0 Å². The number of carbonyl (C=O) groups is 1. The van der Waals surface area contributed by atoms with E-state index >= 15 is 0 Å². The maximum absolute atomic E-state index is 11.7. The third kappa shape index (κ3) is 5.50. The van der Waals surface area contributed by atoms with Crippen molar-refractivity contribution >= 4 is 5.91 Å². The zero-order valence-corrected chi connectivity index (χ0v) is 11.1. The van der Waals surface area contributed by atoms with E-state index in [0.717, 1.165) is 25.9 Å². The van der Waals surface area contributed by atoms with Crippen molar-refractivity contribution < 1.29 is 9.53 Å². The fraction of sp³-hybridized carbons (Fsp3) is 0.923. The third-order valence-corrected chi connectivity index (χ3v) is 3.58. The second-order valence-electron chi connectivity index (χ2n) is 5.10. The average Bonchev–Trinajstić information content (AvgIpc) is 2.36. The summed E-state index contributed by atoms with van der Waals surface area (Å²) >= 11 is 0. The lowest BCUT2D eigenvalue weighted by molar-refractivity contribution is -0.123. The molecule has 0 aromatic heterocycles. The lowest BCUT2D eigenvalue weighted by Crippen LogP contribution is -2.40. The molecule has 0 bridgehead atoms. The van der Waals surface area contributed by atoms with Crippen LogP contribution in [0.25, 0.3) is 0 Å². The number of amides is 1. The van der Waals surface area contributed by atoms with E-state index in [0.29, 0.717) is 18.9 Å². The molecular formula is C13H26N2O2. The normalized spacial score (nSPS) is 24.1. The van der Waals surface area contributed by atoms with E-state index < -0.39 is 0 Å². The van der Waals surface area contributed by atoms with Gasteiger partial charge in [0.15, 0.2) is 0 Å². The summed E-state index contributed by atoms with van der Waals surface area (Å²) in [6.07, 6.45) is 5.18. The van der Waals surface area contributed by atoms with E-state index in [1.54, 1.807) is 0 Å². The Labute approximate surface area is 104 Å². The maximum Gasteiger partial charge on any atom is 0.220 e. The summed E-state index contributed by atoms with van der Waals surface area (Å²) in [6, 6.07) is 0.153. The summed E-state index contributed by atoms with van der Waals surface area (Å²) in [6.45, 7) is 5.52. The van der Waals surface area contributed by atoms with Gasteiger partial charge in [-0.2, -0.15) is 0 Å². The minimum Gasteiger partial charge on any atom is -0.378 e. The van der Waals surface area contributed by atoms with Crippen LogP contribution in [0.1, 0.15) is 46.0 Å². The molecule has 100 valence electrons. The first-order valence-corrected chi connectivity index (χ1v) is 6.74. The number of carbonyl (C=O) groups excluding carboxylic acids is 1. The van der Waals surface area contributed by atoms with Crippen LogP contribution in [0.5, 0.6) is 0 Å². The van der Waals surface area contributed by atoms with Gasteiger partial charge >= 0.3 is 0 Å². The Morgan fingerprint density at radius 3 is 2.82 bits per heavy atom. The molecule has 1 saturated heterocycles. The van der Waals surface area contributed by atoms with Gasteiger partial charge in [0, 0.05) is 19.1 Å². The molecule has 3 N–H and O–H groups in total. The maximum atomic E-state index is 11.7. The highest BCUT2D eigenvalue weighted by molar-refractivity contribution is 5.76. The molecule has 0 radical (unpaired) electrons. The second-order valence-corrected chi connectivity index (χ2v) is 5.10. The molecule has 1 aliphatic rings. The monoisotopic (exact) mass is 242 g/mol. The van der Waals surface area contributed by atoms with Gasteiger partial charge in [-0.3, -0.25) is 4.79 Å². The van der Waals surface area contributed by atoms with Gasteiger partial charge in [-0.15, -0.1) is 0 Å². The Morgan fingerprint density at radius 1 is 1.47 bits per heavy atom. The molecule has 17 heavy (non-hydrogen) atoms. The number of hydrogen-bond acceptors (Lipinski definition) is 3. The molecule has 4 heteroatoms. The Kier molecular flexibility index (Phi) is 6.52. The van der Waals surface area contributed by atoms with Crippen molar-refractivity contribution in [2.24, 2.45) is 11.7 Å². The molecule has 1 aliphatic heterocycles. The van der Waals surface area contributed by atoms with E-state index in [-0.39, 0.29) is 18.1 Å². The van der Waals surface area contributed by atoms with Gasteiger partial charge in [-0.1, -0.05) is 6.92 Å². The molecule has 0 spiro atoms. The van der Waals surface area contributed by atoms with Crippen LogP contribution >= 0.6 is 0 Å². The van der Waals surface area contributed by atoms with Crippen molar-refractivity contribution in [1.29, 1.82) is 0 Å². The summed E-state index contributed by atoms with van der Waals surface area (Å²) in [5.74, 6) is 0.442. The Morgan fingerprint density at radius 2 is 2.24 bits per heavy atom. The smallest absolute Gasteiger partial charge is 0.220 e. The molecule has 4 nitrogen and oxygen atoms in total. The number of hydrogen-bond donors (Lipinski definition) is 2. The lowest BCUT2D eigenvalue weighted by atomic mass is 10.0. The van der Waals surface area contributed by atoms with Crippen LogP contribution < -0.4 is 11.1 Å². The highest BCUT2D eigenvalue weighted by atomic mass is 16.5. The van der Waals surface area contributed by atoms with E-state index in [9.17, 15) is 4.79 Å². The van der Waals surface area contributed by atoms with Crippen LogP contribution in [-0.4, -0.2) is 31.2 Å². The number of rotatable bonds is 6. The van der Waals surface area contributed by atoms with Crippen LogP contribution in [0.3, 0.4) is 0 Å². The topological polar surface area (TPSA) is 64.3 Å². The van der Waals surface area contributed by atoms with Crippen molar-refractivity contribution in [2.45, 2.75) is 58.1 Å². The average molecular weight is 242 g/mol. The fourth-order valence-electron chi connectivity index (χ4n) is 2.00. The SMILES string of the molecule is CC(CN)C(C)NC(=O)CCC1CCCCO1. The zero-order chi connectivity index (χ0) is 12.7. The van der Waals surface area contributed by atoms with Crippen molar-refractivity contribution in [2.75, 3.05) is 13.2 Å². The highest BCUT2D eigenvalue weighted by Crippen LogP contribution is 2.16. The molecule has 0 aromatic carbocycles. The summed E-state index contributed by atoms with van der Waals surface area (Å²) in [4.78, 5) is 11.7. The third-order valence-electron chi connectivity index (χ3n) is 3.58. The minimum absolute atomic E-state index is 0.118. The quantitative estimate of drug-likeness (QED) is 0.740. The molecule has 0 aromatic rings. The van der Waals surface area contributed by atoms with E-state index in [1.165, 1.54) is 6.42 Å². The molecule has 3 atom stereocenters. The number of nitrogens with one attached hydrogen (secondary N) is 1. The molecule has 1 amide bonds. The first-order chi connectivity index (χ1) is 8.13. The summed E-state index contributed by atoms with van der Waals surface area (Å²) in [7, 11) is 0. The molecule has 0 saturated carbocycles. The summed E-state index contributed by atoms with van der Waals surface area (Å²) in [5.41, 5.74) is 5.57. The predicted octanol–water partition coefficient (Wildman–Crippen LogP) is 1.44. The molecular weight excluding hydrogens is 216 g/mol. The molecule has 1 rings (SSSR count). The van der Waals surface area contributed by atoms with Gasteiger partial charge in [-0.05, 0) is 45.1 Å². The van der Waals surface area contributed by atoms with E-state index in [1.807, 2.05) is 6.92 Å². The van der Waals surface area contributed by atoms with Crippen LogP contribution in [0.15, 0.2) is 0 Å². The Hall–Kier alpha value is -0.610. The first kappa shape index (κ1) is 14.5. The zero-order valence-electron chi connectivity index (χ0n) is 11.1. The Balaban J connectivity index is 2.15. The largest absolute Gasteiger partial charge is 0.378 e. The van der Waals surface area contributed by atoms with Crippen molar-refractivity contribution in [1.82, 2.24) is 5.32 Å². The molecule has 0 aliphatic carbocycles. The van der Waals surface area contributed by atoms with Gasteiger partial charge in [0.25, 0.3) is 0 Å². The molecule has 1 heterocycles. The summed E-state index contributed by atoms with van der Waals surface area (Å²) in [5, 5.41) is 3.00. The summed E-state index contributed by atoms with van der Waals surface area (Å²) < 4.78 is 5.60.